The Balaban J connectivity index is 1.13. The van der Waals surface area contributed by atoms with Gasteiger partial charge in [0.25, 0.3) is 0 Å². The summed E-state index contributed by atoms with van der Waals surface area (Å²) < 4.78 is 47.3. The van der Waals surface area contributed by atoms with Gasteiger partial charge in [-0.15, -0.1) is 0 Å². The molecule has 0 aliphatic heterocycles. The van der Waals surface area contributed by atoms with Crippen LogP contribution in [-0.2, 0) is 0 Å². The molecule has 3 aromatic heterocycles. The average Bonchev–Trinajstić information content (AvgIpc) is 3.88. The summed E-state index contributed by atoms with van der Waals surface area (Å²) in [5.74, 6) is 0.816. The number of aromatic nitrogens is 4. The minimum Gasteiger partial charge on any atom is -0.299 e. The van der Waals surface area contributed by atoms with Crippen LogP contribution < -0.4 is 0 Å². The first-order valence-electron chi connectivity index (χ1n) is 20.3. The molecule has 3 heterocycles. The normalized spacial score (nSPS) is 12.6. The molecule has 0 N–H and O–H groups in total. The fraction of sp³-hybridized carbons (Fsp3) is 0. The van der Waals surface area contributed by atoms with Gasteiger partial charge in [-0.25, -0.2) is 9.97 Å². The second kappa shape index (κ2) is 13.4. The molecule has 0 aliphatic rings. The van der Waals surface area contributed by atoms with Gasteiger partial charge in [0.1, 0.15) is 11.5 Å². The Labute approximate surface area is 321 Å². The molecule has 0 aliphatic carbocycles. The molecular formula is C50H34N4. The zero-order chi connectivity index (χ0) is 40.2. The fourth-order valence-corrected chi connectivity index (χ4v) is 7.28. The maximum absolute atomic E-state index is 8.90. The molecule has 0 fully saturated rings. The number of pyridine rings is 1. The Hall–Kier alpha value is -7.30. The van der Waals surface area contributed by atoms with Crippen molar-refractivity contribution in [1.82, 2.24) is 18.9 Å². The highest BCUT2D eigenvalue weighted by atomic mass is 15.1. The van der Waals surface area contributed by atoms with E-state index in [1.807, 2.05) is 115 Å². The van der Waals surface area contributed by atoms with Crippen LogP contribution in [0.15, 0.2) is 206 Å². The lowest BCUT2D eigenvalue weighted by Crippen LogP contribution is -1.97. The quantitative estimate of drug-likeness (QED) is 0.166. The Morgan fingerprint density at radius 2 is 1.04 bits per heavy atom. The standard InChI is InChI=1S/C50H34N4/c1-4-15-35(16-5-1)41-32-42(36-26-28-38(29-27-36)50-51-45-23-10-11-24-46(45)54(50)44-21-8-3-9-22-44)34-43(33-41)39-19-14-20-40(31-39)48-49(37-17-6-2-7-18-37)53-30-13-12-25-47(53)52-48/h1-34H/i1D,4D,5D,15D,16D. The average molecular weight is 696 g/mol. The summed E-state index contributed by atoms with van der Waals surface area (Å²) >= 11 is 0. The highest BCUT2D eigenvalue weighted by Crippen LogP contribution is 2.38. The van der Waals surface area contributed by atoms with Crippen molar-refractivity contribution < 1.29 is 6.85 Å². The van der Waals surface area contributed by atoms with Gasteiger partial charge in [0.2, 0.25) is 0 Å². The summed E-state index contributed by atoms with van der Waals surface area (Å²) in [4.78, 5) is 10.1. The number of imidazole rings is 2. The molecular weight excluding hydrogens is 657 g/mol. The smallest absolute Gasteiger partial charge is 0.145 e. The van der Waals surface area contributed by atoms with Crippen LogP contribution in [0.5, 0.6) is 0 Å². The van der Waals surface area contributed by atoms with E-state index < -0.39 is 6.04 Å². The number of hydrogen-bond acceptors (Lipinski definition) is 2. The van der Waals surface area contributed by atoms with Crippen LogP contribution in [0, 0.1) is 0 Å². The number of para-hydroxylation sites is 3. The Kier molecular flexibility index (Phi) is 6.54. The third kappa shape index (κ3) is 5.67. The zero-order valence-electron chi connectivity index (χ0n) is 34.0. The molecule has 10 aromatic rings. The van der Waals surface area contributed by atoms with Gasteiger partial charge in [-0.3, -0.25) is 8.97 Å². The van der Waals surface area contributed by atoms with E-state index >= 15 is 0 Å². The second-order valence-electron chi connectivity index (χ2n) is 13.2. The monoisotopic (exact) mass is 695 g/mol. The number of benzene rings is 7. The molecule has 0 bridgehead atoms. The van der Waals surface area contributed by atoms with Gasteiger partial charge in [-0.05, 0) is 94.0 Å². The molecule has 0 saturated heterocycles. The largest absolute Gasteiger partial charge is 0.299 e. The molecule has 10 rings (SSSR count). The lowest BCUT2D eigenvalue weighted by molar-refractivity contribution is 1.10. The van der Waals surface area contributed by atoms with Crippen molar-refractivity contribution in [2.75, 3.05) is 0 Å². The first-order chi connectivity index (χ1) is 28.8. The van der Waals surface area contributed by atoms with Crippen LogP contribution >= 0.6 is 0 Å². The molecule has 0 radical (unpaired) electrons. The van der Waals surface area contributed by atoms with Crippen LogP contribution in [-0.4, -0.2) is 18.9 Å². The van der Waals surface area contributed by atoms with Crippen LogP contribution in [0.1, 0.15) is 6.85 Å². The third-order valence-corrected chi connectivity index (χ3v) is 9.82. The number of hydrogen-bond donors (Lipinski definition) is 0. The van der Waals surface area contributed by atoms with E-state index in [-0.39, 0.29) is 29.7 Å². The predicted octanol–water partition coefficient (Wildman–Crippen LogP) is 12.7. The maximum atomic E-state index is 8.90. The summed E-state index contributed by atoms with van der Waals surface area (Å²) in [7, 11) is 0. The lowest BCUT2D eigenvalue weighted by Gasteiger charge is -2.13. The van der Waals surface area contributed by atoms with E-state index in [1.165, 1.54) is 0 Å². The number of rotatable bonds is 7. The Morgan fingerprint density at radius 3 is 1.83 bits per heavy atom. The molecule has 0 unspecified atom stereocenters. The van der Waals surface area contributed by atoms with Crippen molar-refractivity contribution >= 4 is 16.7 Å². The lowest BCUT2D eigenvalue weighted by atomic mass is 9.92. The maximum Gasteiger partial charge on any atom is 0.145 e. The minimum atomic E-state index is -0.424. The highest BCUT2D eigenvalue weighted by Gasteiger charge is 2.18. The summed E-state index contributed by atoms with van der Waals surface area (Å²) in [5.41, 5.74) is 12.6. The highest BCUT2D eigenvalue weighted by molar-refractivity contribution is 5.87. The van der Waals surface area contributed by atoms with E-state index in [2.05, 4.69) is 69.6 Å². The first kappa shape index (κ1) is 26.5. The summed E-state index contributed by atoms with van der Waals surface area (Å²) in [6.45, 7) is 0. The SMILES string of the molecule is [2H]c1c([2H])c([2H])c(-c2cc(-c3ccc(-c4nc5ccccc5n4-c4ccccc4)cc3)cc(-c3cccc(-c4nc5ccccn5c4-c4ccccc4)c3)c2)c([2H])c1[2H]. The molecule has 4 heteroatoms. The van der Waals surface area contributed by atoms with Crippen molar-refractivity contribution in [3.8, 4) is 73.0 Å². The van der Waals surface area contributed by atoms with Crippen molar-refractivity contribution in [1.29, 1.82) is 0 Å². The van der Waals surface area contributed by atoms with Gasteiger partial charge >= 0.3 is 0 Å². The second-order valence-corrected chi connectivity index (χ2v) is 13.2. The Morgan fingerprint density at radius 1 is 0.426 bits per heavy atom. The van der Waals surface area contributed by atoms with E-state index in [0.29, 0.717) is 5.56 Å². The minimum absolute atomic E-state index is 0.148. The fourth-order valence-electron chi connectivity index (χ4n) is 7.28. The summed E-state index contributed by atoms with van der Waals surface area (Å²) in [6, 6.07) is 55.1. The van der Waals surface area contributed by atoms with Crippen molar-refractivity contribution in [2.45, 2.75) is 0 Å². The zero-order valence-corrected chi connectivity index (χ0v) is 29.0. The molecule has 54 heavy (non-hydrogen) atoms. The first-order valence-corrected chi connectivity index (χ1v) is 17.8. The van der Waals surface area contributed by atoms with Gasteiger partial charge in [-0.1, -0.05) is 139 Å². The van der Waals surface area contributed by atoms with Gasteiger partial charge < -0.3 is 0 Å². The summed E-state index contributed by atoms with van der Waals surface area (Å²) in [6.07, 6.45) is 2.02. The van der Waals surface area contributed by atoms with E-state index in [0.717, 1.165) is 78.5 Å². The van der Waals surface area contributed by atoms with Crippen LogP contribution in [0.3, 0.4) is 0 Å². The van der Waals surface area contributed by atoms with Crippen LogP contribution in [0.2, 0.25) is 0 Å². The predicted molar refractivity (Wildman–Crippen MR) is 222 cm³/mol. The molecule has 254 valence electrons. The van der Waals surface area contributed by atoms with E-state index in [1.54, 1.807) is 0 Å². The van der Waals surface area contributed by atoms with Gasteiger partial charge in [-0.2, -0.15) is 0 Å². The molecule has 0 amide bonds. The number of nitrogens with zero attached hydrogens (tertiary/aromatic N) is 4. The molecule has 4 nitrogen and oxygen atoms in total. The summed E-state index contributed by atoms with van der Waals surface area (Å²) in [5, 5.41) is 0. The third-order valence-electron chi connectivity index (χ3n) is 9.82. The van der Waals surface area contributed by atoms with Crippen molar-refractivity contribution in [2.24, 2.45) is 0 Å². The van der Waals surface area contributed by atoms with Gasteiger partial charge in [0, 0.05) is 28.6 Å². The molecule has 7 aromatic carbocycles. The van der Waals surface area contributed by atoms with Crippen molar-refractivity contribution in [3.05, 3.63) is 206 Å². The molecule has 0 saturated carbocycles. The van der Waals surface area contributed by atoms with Gasteiger partial charge in [0.15, 0.2) is 0 Å². The van der Waals surface area contributed by atoms with Crippen LogP contribution in [0.4, 0.5) is 0 Å². The topological polar surface area (TPSA) is 35.1 Å². The van der Waals surface area contributed by atoms with Crippen molar-refractivity contribution in [3.63, 3.8) is 0 Å². The van der Waals surface area contributed by atoms with E-state index in [9.17, 15) is 0 Å². The van der Waals surface area contributed by atoms with Crippen LogP contribution in [0.25, 0.3) is 89.7 Å². The Bertz CT molecular complexity index is 3180. The van der Waals surface area contributed by atoms with E-state index in [4.69, 9.17) is 16.8 Å². The molecule has 0 spiro atoms. The van der Waals surface area contributed by atoms with Gasteiger partial charge in [0.05, 0.1) is 29.3 Å². The number of fused-ring (bicyclic) bond motifs is 2. The molecule has 0 atom stereocenters.